The van der Waals surface area contributed by atoms with Crippen molar-refractivity contribution in [2.45, 2.75) is 26.5 Å². The average molecular weight is 361 g/mol. The monoisotopic (exact) mass is 361 g/mol. The van der Waals surface area contributed by atoms with Crippen LogP contribution in [-0.2, 0) is 24.3 Å². The molecule has 0 saturated heterocycles. The number of rotatable bonds is 8. The van der Waals surface area contributed by atoms with E-state index in [1.54, 1.807) is 24.3 Å². The molecule has 0 amide bonds. The molecule has 0 aromatic heterocycles. The van der Waals surface area contributed by atoms with Gasteiger partial charge in [0.1, 0.15) is 11.6 Å². The lowest BCUT2D eigenvalue weighted by Crippen LogP contribution is -2.38. The molecule has 26 heavy (non-hydrogen) atoms. The molecule has 0 unspecified atom stereocenters. The number of nitrogens with zero attached hydrogens (tertiary/aromatic N) is 1. The van der Waals surface area contributed by atoms with Gasteiger partial charge in [0, 0.05) is 25.8 Å². The molecule has 0 saturated carbocycles. The number of hydrogen-bond acceptors (Lipinski definition) is 2. The molecule has 140 valence electrons. The summed E-state index contributed by atoms with van der Waals surface area (Å²) in [7, 11) is 1.53. The van der Waals surface area contributed by atoms with Crippen LogP contribution in [0.5, 0.6) is 0 Å². The van der Waals surface area contributed by atoms with E-state index in [2.05, 4.69) is 15.6 Å². The Morgan fingerprint density at radius 1 is 1.04 bits per heavy atom. The van der Waals surface area contributed by atoms with Crippen molar-refractivity contribution in [3.05, 3.63) is 70.8 Å². The molecule has 0 atom stereocenters. The molecule has 0 heterocycles. The van der Waals surface area contributed by atoms with Crippen molar-refractivity contribution in [1.29, 1.82) is 0 Å². The third kappa shape index (κ3) is 6.11. The lowest BCUT2D eigenvalue weighted by Gasteiger charge is -2.12. The zero-order valence-corrected chi connectivity index (χ0v) is 15.2. The first kappa shape index (κ1) is 19.8. The molecule has 2 aromatic rings. The van der Waals surface area contributed by atoms with Gasteiger partial charge in [0.25, 0.3) is 0 Å². The zero-order valence-electron chi connectivity index (χ0n) is 15.2. The zero-order chi connectivity index (χ0) is 18.8. The minimum atomic E-state index is -0.283. The van der Waals surface area contributed by atoms with Crippen molar-refractivity contribution in [3.8, 4) is 0 Å². The first-order chi connectivity index (χ1) is 12.6. The number of halogens is 2. The normalized spacial score (nSPS) is 11.5. The number of hydrogen-bond donors (Lipinski definition) is 2. The van der Waals surface area contributed by atoms with Crippen LogP contribution >= 0.6 is 0 Å². The Kier molecular flexibility index (Phi) is 8.02. The summed E-state index contributed by atoms with van der Waals surface area (Å²) in [5, 5.41) is 6.34. The third-order valence-corrected chi connectivity index (χ3v) is 3.82. The Bertz CT molecular complexity index is 735. The van der Waals surface area contributed by atoms with Crippen molar-refractivity contribution >= 4 is 5.96 Å². The quantitative estimate of drug-likeness (QED) is 0.559. The van der Waals surface area contributed by atoms with Crippen LogP contribution in [0, 0.1) is 11.6 Å². The van der Waals surface area contributed by atoms with Gasteiger partial charge in [-0.25, -0.2) is 13.8 Å². The van der Waals surface area contributed by atoms with Crippen LogP contribution in [-0.4, -0.2) is 26.2 Å². The van der Waals surface area contributed by atoms with Gasteiger partial charge < -0.3 is 15.4 Å². The molecular weight excluding hydrogens is 336 g/mol. The van der Waals surface area contributed by atoms with Crippen molar-refractivity contribution in [2.75, 3.05) is 20.2 Å². The van der Waals surface area contributed by atoms with E-state index in [4.69, 9.17) is 4.74 Å². The Morgan fingerprint density at radius 2 is 1.81 bits per heavy atom. The molecule has 2 rings (SSSR count). The predicted octanol–water partition coefficient (Wildman–Crippen LogP) is 3.41. The van der Waals surface area contributed by atoms with Crippen LogP contribution in [0.3, 0.4) is 0 Å². The highest BCUT2D eigenvalue weighted by Crippen LogP contribution is 2.12. The summed E-state index contributed by atoms with van der Waals surface area (Å²) in [6.45, 7) is 3.88. The van der Waals surface area contributed by atoms with Crippen molar-refractivity contribution in [1.82, 2.24) is 10.6 Å². The van der Waals surface area contributed by atoms with Gasteiger partial charge in [0.2, 0.25) is 0 Å². The SMILES string of the molecule is CCNC(=NCc1ccc(F)c(COC)c1)NCCc1ccccc1F. The molecule has 0 fully saturated rings. The molecule has 2 N–H and O–H groups in total. The van der Waals surface area contributed by atoms with Gasteiger partial charge in [0.15, 0.2) is 5.96 Å². The number of aliphatic imine (C=N–C) groups is 1. The number of ether oxygens (including phenoxy) is 1. The van der Waals surface area contributed by atoms with Gasteiger partial charge in [-0.15, -0.1) is 0 Å². The fourth-order valence-corrected chi connectivity index (χ4v) is 2.52. The van der Waals surface area contributed by atoms with Crippen LogP contribution in [0.4, 0.5) is 8.78 Å². The maximum absolute atomic E-state index is 13.7. The van der Waals surface area contributed by atoms with E-state index in [9.17, 15) is 8.78 Å². The average Bonchev–Trinajstić information content (AvgIpc) is 2.64. The maximum Gasteiger partial charge on any atom is 0.191 e. The van der Waals surface area contributed by atoms with Crippen molar-refractivity contribution in [2.24, 2.45) is 4.99 Å². The van der Waals surface area contributed by atoms with E-state index in [1.165, 1.54) is 19.2 Å². The second-order valence-electron chi connectivity index (χ2n) is 5.82. The summed E-state index contributed by atoms with van der Waals surface area (Å²) in [6.07, 6.45) is 0.561. The summed E-state index contributed by atoms with van der Waals surface area (Å²) in [5.41, 5.74) is 2.07. The Morgan fingerprint density at radius 3 is 2.54 bits per heavy atom. The van der Waals surface area contributed by atoms with E-state index < -0.39 is 0 Å². The summed E-state index contributed by atoms with van der Waals surface area (Å²) < 4.78 is 32.3. The van der Waals surface area contributed by atoms with Crippen molar-refractivity contribution < 1.29 is 13.5 Å². The number of methoxy groups -OCH3 is 1. The number of nitrogens with one attached hydrogen (secondary N) is 2. The van der Waals surface area contributed by atoms with Gasteiger partial charge in [-0.2, -0.15) is 0 Å². The minimum absolute atomic E-state index is 0.201. The second-order valence-corrected chi connectivity index (χ2v) is 5.82. The molecule has 0 radical (unpaired) electrons. The molecular formula is C20H25F2N3O. The molecule has 0 aliphatic carbocycles. The summed E-state index contributed by atoms with van der Waals surface area (Å²) in [5.74, 6) is 0.157. The highest BCUT2D eigenvalue weighted by Gasteiger charge is 2.05. The topological polar surface area (TPSA) is 45.7 Å². The Labute approximate surface area is 153 Å². The standard InChI is InChI=1S/C20H25F2N3O/c1-3-23-20(24-11-10-16-6-4-5-7-18(16)21)25-13-15-8-9-19(22)17(12-15)14-26-2/h4-9,12H,3,10-11,13-14H2,1-2H3,(H2,23,24,25). The summed E-state index contributed by atoms with van der Waals surface area (Å²) in [4.78, 5) is 4.51. The van der Waals surface area contributed by atoms with Gasteiger partial charge in [-0.3, -0.25) is 0 Å². The maximum atomic E-state index is 13.7. The smallest absolute Gasteiger partial charge is 0.191 e. The highest BCUT2D eigenvalue weighted by molar-refractivity contribution is 5.79. The molecule has 0 aliphatic heterocycles. The van der Waals surface area contributed by atoms with Gasteiger partial charge in [-0.05, 0) is 42.7 Å². The van der Waals surface area contributed by atoms with E-state index in [-0.39, 0.29) is 18.2 Å². The van der Waals surface area contributed by atoms with Gasteiger partial charge in [-0.1, -0.05) is 24.3 Å². The lowest BCUT2D eigenvalue weighted by atomic mass is 10.1. The van der Waals surface area contributed by atoms with Crippen LogP contribution in [0.15, 0.2) is 47.5 Å². The van der Waals surface area contributed by atoms with Crippen LogP contribution in [0.2, 0.25) is 0 Å². The Balaban J connectivity index is 1.95. The minimum Gasteiger partial charge on any atom is -0.380 e. The second kappa shape index (κ2) is 10.5. The number of guanidine groups is 1. The van der Waals surface area contributed by atoms with Crippen LogP contribution in [0.25, 0.3) is 0 Å². The van der Waals surface area contributed by atoms with E-state index in [0.717, 1.165) is 5.56 Å². The fraction of sp³-hybridized carbons (Fsp3) is 0.350. The van der Waals surface area contributed by atoms with E-state index >= 15 is 0 Å². The summed E-state index contributed by atoms with van der Waals surface area (Å²) >= 11 is 0. The van der Waals surface area contributed by atoms with Gasteiger partial charge in [0.05, 0.1) is 13.2 Å². The lowest BCUT2D eigenvalue weighted by molar-refractivity contribution is 0.181. The van der Waals surface area contributed by atoms with Crippen LogP contribution in [0.1, 0.15) is 23.6 Å². The first-order valence-corrected chi connectivity index (χ1v) is 8.65. The molecule has 4 nitrogen and oxygen atoms in total. The Hall–Kier alpha value is -2.47. The molecule has 0 spiro atoms. The van der Waals surface area contributed by atoms with Gasteiger partial charge >= 0.3 is 0 Å². The molecule has 0 aliphatic rings. The van der Waals surface area contributed by atoms with Crippen LogP contribution < -0.4 is 10.6 Å². The predicted molar refractivity (Wildman–Crippen MR) is 100 cm³/mol. The van der Waals surface area contributed by atoms with E-state index in [0.29, 0.717) is 43.1 Å². The first-order valence-electron chi connectivity index (χ1n) is 8.65. The number of benzene rings is 2. The van der Waals surface area contributed by atoms with E-state index in [1.807, 2.05) is 13.0 Å². The largest absolute Gasteiger partial charge is 0.380 e. The third-order valence-electron chi connectivity index (χ3n) is 3.82. The highest BCUT2D eigenvalue weighted by atomic mass is 19.1. The summed E-state index contributed by atoms with van der Waals surface area (Å²) in [6, 6.07) is 11.6. The molecule has 0 bridgehead atoms. The molecule has 2 aromatic carbocycles. The van der Waals surface area contributed by atoms with Crippen molar-refractivity contribution in [3.63, 3.8) is 0 Å². The molecule has 6 heteroatoms. The fourth-order valence-electron chi connectivity index (χ4n) is 2.52.